The van der Waals surface area contributed by atoms with E-state index in [4.69, 9.17) is 9.47 Å². The molecule has 3 rings (SSSR count). The van der Waals surface area contributed by atoms with Crippen LogP contribution < -0.4 is 0 Å². The first-order valence-corrected chi connectivity index (χ1v) is 5.96. The SMILES string of the molecule is CC1C(=O)N(C(C)C2CO2)C(=O)N1CC1CO1. The molecule has 0 spiro atoms. The number of hydrogen-bond acceptors (Lipinski definition) is 4. The Morgan fingerprint density at radius 2 is 2.00 bits per heavy atom. The molecule has 17 heavy (non-hydrogen) atoms. The molecule has 0 radical (unpaired) electrons. The van der Waals surface area contributed by atoms with E-state index >= 15 is 0 Å². The Morgan fingerprint density at radius 1 is 1.35 bits per heavy atom. The average molecular weight is 240 g/mol. The van der Waals surface area contributed by atoms with Crippen molar-refractivity contribution in [1.82, 2.24) is 9.80 Å². The van der Waals surface area contributed by atoms with Crippen molar-refractivity contribution in [2.45, 2.75) is 38.1 Å². The molecule has 3 saturated heterocycles. The monoisotopic (exact) mass is 240 g/mol. The third-order valence-electron chi connectivity index (χ3n) is 3.62. The normalized spacial score (nSPS) is 37.6. The van der Waals surface area contributed by atoms with Crippen molar-refractivity contribution < 1.29 is 19.1 Å². The van der Waals surface area contributed by atoms with Crippen LogP contribution in [0.5, 0.6) is 0 Å². The molecule has 0 aromatic rings. The number of hydrogen-bond donors (Lipinski definition) is 0. The van der Waals surface area contributed by atoms with Crippen molar-refractivity contribution in [3.05, 3.63) is 0 Å². The second kappa shape index (κ2) is 3.68. The van der Waals surface area contributed by atoms with Gasteiger partial charge in [-0.1, -0.05) is 0 Å². The highest BCUT2D eigenvalue weighted by Crippen LogP contribution is 2.27. The van der Waals surface area contributed by atoms with E-state index in [0.29, 0.717) is 19.8 Å². The minimum Gasteiger partial charge on any atom is -0.371 e. The lowest BCUT2D eigenvalue weighted by Gasteiger charge is -2.21. The van der Waals surface area contributed by atoms with Crippen LogP contribution in [0.25, 0.3) is 0 Å². The van der Waals surface area contributed by atoms with Gasteiger partial charge in [-0.3, -0.25) is 9.69 Å². The second-order valence-electron chi connectivity index (χ2n) is 4.89. The number of ether oxygens (including phenoxy) is 2. The summed E-state index contributed by atoms with van der Waals surface area (Å²) in [5.74, 6) is -0.126. The molecule has 0 aliphatic carbocycles. The molecular weight excluding hydrogens is 224 g/mol. The number of amides is 3. The zero-order valence-corrected chi connectivity index (χ0v) is 9.96. The molecule has 4 unspecified atom stereocenters. The van der Waals surface area contributed by atoms with Crippen molar-refractivity contribution in [2.75, 3.05) is 19.8 Å². The first-order chi connectivity index (χ1) is 8.09. The number of rotatable bonds is 4. The summed E-state index contributed by atoms with van der Waals surface area (Å²) >= 11 is 0. The Kier molecular flexibility index (Phi) is 2.38. The standard InChI is InChI=1S/C11H16N2O4/c1-6(9-5-17-9)13-10(14)7(2)12(11(13)15)3-8-4-16-8/h6-9H,3-5H2,1-2H3. The molecule has 0 bridgehead atoms. The Balaban J connectivity index is 1.75. The molecule has 3 fully saturated rings. The first-order valence-electron chi connectivity index (χ1n) is 5.96. The van der Waals surface area contributed by atoms with Gasteiger partial charge >= 0.3 is 6.03 Å². The summed E-state index contributed by atoms with van der Waals surface area (Å²) in [5.41, 5.74) is 0. The van der Waals surface area contributed by atoms with Crippen LogP contribution >= 0.6 is 0 Å². The Bertz CT molecular complexity index is 364. The van der Waals surface area contributed by atoms with Crippen LogP contribution in [0, 0.1) is 0 Å². The van der Waals surface area contributed by atoms with Crippen LogP contribution in [0.1, 0.15) is 13.8 Å². The number of carbonyl (C=O) groups excluding carboxylic acids is 2. The zero-order chi connectivity index (χ0) is 12.2. The van der Waals surface area contributed by atoms with Crippen molar-refractivity contribution in [1.29, 1.82) is 0 Å². The second-order valence-corrected chi connectivity index (χ2v) is 4.89. The van der Waals surface area contributed by atoms with Crippen LogP contribution in [0.2, 0.25) is 0 Å². The fraction of sp³-hybridized carbons (Fsp3) is 0.818. The maximum Gasteiger partial charge on any atom is 0.327 e. The van der Waals surface area contributed by atoms with E-state index in [0.717, 1.165) is 0 Å². The van der Waals surface area contributed by atoms with E-state index < -0.39 is 0 Å². The number of epoxide rings is 2. The van der Waals surface area contributed by atoms with Gasteiger partial charge in [-0.2, -0.15) is 0 Å². The lowest BCUT2D eigenvalue weighted by Crippen LogP contribution is -2.43. The van der Waals surface area contributed by atoms with Gasteiger partial charge in [0.15, 0.2) is 0 Å². The van der Waals surface area contributed by atoms with Crippen LogP contribution in [-0.4, -0.2) is 65.8 Å². The predicted octanol–water partition coefficient (Wildman–Crippen LogP) is -0.175. The topological polar surface area (TPSA) is 65.7 Å². The maximum atomic E-state index is 12.2. The molecule has 4 atom stereocenters. The molecule has 3 amide bonds. The third-order valence-corrected chi connectivity index (χ3v) is 3.62. The van der Waals surface area contributed by atoms with Crippen molar-refractivity contribution in [3.8, 4) is 0 Å². The lowest BCUT2D eigenvalue weighted by molar-refractivity contribution is -0.129. The van der Waals surface area contributed by atoms with Gasteiger partial charge in [-0.05, 0) is 13.8 Å². The number of nitrogens with zero attached hydrogens (tertiary/aromatic N) is 2. The molecule has 3 aliphatic heterocycles. The van der Waals surface area contributed by atoms with Gasteiger partial charge < -0.3 is 14.4 Å². The molecule has 3 aliphatic rings. The zero-order valence-electron chi connectivity index (χ0n) is 9.96. The average Bonchev–Trinajstić information content (AvgIpc) is 3.16. The summed E-state index contributed by atoms with van der Waals surface area (Å²) in [6, 6.07) is -0.753. The fourth-order valence-corrected chi connectivity index (χ4v) is 2.24. The van der Waals surface area contributed by atoms with Crippen LogP contribution in [0.4, 0.5) is 4.79 Å². The Hall–Kier alpha value is -1.14. The van der Waals surface area contributed by atoms with Gasteiger partial charge in [0.05, 0.1) is 31.9 Å². The molecule has 0 N–H and O–H groups in total. The summed E-state index contributed by atoms with van der Waals surface area (Å²) in [7, 11) is 0. The molecular formula is C11H16N2O4. The highest BCUT2D eigenvalue weighted by atomic mass is 16.6. The van der Waals surface area contributed by atoms with Gasteiger partial charge in [-0.15, -0.1) is 0 Å². The molecule has 6 heteroatoms. The number of imide groups is 1. The first kappa shape index (κ1) is 11.0. The van der Waals surface area contributed by atoms with E-state index in [-0.39, 0.29) is 36.2 Å². The Morgan fingerprint density at radius 3 is 2.53 bits per heavy atom. The number of carbonyl (C=O) groups is 2. The number of urea groups is 1. The molecule has 0 aromatic carbocycles. The maximum absolute atomic E-state index is 12.2. The van der Waals surface area contributed by atoms with Crippen LogP contribution in [-0.2, 0) is 14.3 Å². The molecule has 6 nitrogen and oxygen atoms in total. The van der Waals surface area contributed by atoms with Crippen molar-refractivity contribution >= 4 is 11.9 Å². The van der Waals surface area contributed by atoms with Gasteiger partial charge in [-0.25, -0.2) is 4.79 Å². The van der Waals surface area contributed by atoms with Crippen LogP contribution in [0.15, 0.2) is 0 Å². The largest absolute Gasteiger partial charge is 0.371 e. The summed E-state index contributed by atoms with van der Waals surface area (Å²) in [6.45, 7) is 5.46. The summed E-state index contributed by atoms with van der Waals surface area (Å²) in [6.07, 6.45) is 0.133. The molecule has 3 heterocycles. The fourth-order valence-electron chi connectivity index (χ4n) is 2.24. The van der Waals surface area contributed by atoms with Gasteiger partial charge in [0, 0.05) is 0 Å². The smallest absolute Gasteiger partial charge is 0.327 e. The minimum absolute atomic E-state index is 0.0206. The molecule has 0 saturated carbocycles. The van der Waals surface area contributed by atoms with Crippen molar-refractivity contribution in [2.24, 2.45) is 0 Å². The quantitative estimate of drug-likeness (QED) is 0.505. The van der Waals surface area contributed by atoms with Gasteiger partial charge in [0.25, 0.3) is 5.91 Å². The summed E-state index contributed by atoms with van der Waals surface area (Å²) < 4.78 is 10.3. The van der Waals surface area contributed by atoms with E-state index in [1.807, 2.05) is 6.92 Å². The minimum atomic E-state index is -0.382. The third kappa shape index (κ3) is 1.81. The highest BCUT2D eigenvalue weighted by Gasteiger charge is 2.49. The van der Waals surface area contributed by atoms with E-state index in [1.54, 1.807) is 11.8 Å². The summed E-state index contributed by atoms with van der Waals surface area (Å²) in [5, 5.41) is 0. The summed E-state index contributed by atoms with van der Waals surface area (Å²) in [4.78, 5) is 27.2. The Labute approximate surface area is 99.4 Å². The van der Waals surface area contributed by atoms with Crippen molar-refractivity contribution in [3.63, 3.8) is 0 Å². The van der Waals surface area contributed by atoms with E-state index in [9.17, 15) is 9.59 Å². The van der Waals surface area contributed by atoms with Gasteiger partial charge in [0.1, 0.15) is 12.1 Å². The van der Waals surface area contributed by atoms with E-state index in [1.165, 1.54) is 4.90 Å². The molecule has 94 valence electrons. The lowest BCUT2D eigenvalue weighted by atomic mass is 10.2. The molecule has 0 aromatic heterocycles. The van der Waals surface area contributed by atoms with Crippen LogP contribution in [0.3, 0.4) is 0 Å². The predicted molar refractivity (Wildman–Crippen MR) is 57.4 cm³/mol. The highest BCUT2D eigenvalue weighted by molar-refractivity contribution is 6.04. The van der Waals surface area contributed by atoms with Gasteiger partial charge in [0.2, 0.25) is 0 Å². The van der Waals surface area contributed by atoms with E-state index in [2.05, 4.69) is 0 Å².